The van der Waals surface area contributed by atoms with E-state index in [2.05, 4.69) is 10.6 Å². The van der Waals surface area contributed by atoms with Crippen molar-refractivity contribution in [1.29, 1.82) is 0 Å². The molecule has 132 valence electrons. The standard InChI is InChI=1S/C19H21FN2O3/c1-11-6-13-7-16(24-3)8-14(19(13)25-11)10-21-15-4-5-17(20)18(9-15)22-12(2)23/h4-5,7-9,11,21H,6,10H2,1-3H3,(H,22,23)/t11-/m0/s1. The summed E-state index contributed by atoms with van der Waals surface area (Å²) in [6.45, 7) is 3.87. The van der Waals surface area contributed by atoms with E-state index in [1.807, 2.05) is 19.1 Å². The molecule has 3 rings (SSSR count). The molecule has 2 aromatic carbocycles. The number of hydrogen-bond acceptors (Lipinski definition) is 4. The highest BCUT2D eigenvalue weighted by atomic mass is 19.1. The molecule has 0 aliphatic carbocycles. The van der Waals surface area contributed by atoms with Crippen molar-refractivity contribution in [2.75, 3.05) is 17.7 Å². The van der Waals surface area contributed by atoms with Gasteiger partial charge in [-0.1, -0.05) is 0 Å². The Labute approximate surface area is 146 Å². The van der Waals surface area contributed by atoms with Gasteiger partial charge in [0.15, 0.2) is 0 Å². The number of fused-ring (bicyclic) bond motifs is 1. The van der Waals surface area contributed by atoms with Gasteiger partial charge in [-0.15, -0.1) is 0 Å². The van der Waals surface area contributed by atoms with Gasteiger partial charge in [-0.3, -0.25) is 4.79 Å². The average Bonchev–Trinajstić information content (AvgIpc) is 2.94. The molecule has 0 saturated carbocycles. The fraction of sp³-hybridized carbons (Fsp3) is 0.316. The van der Waals surface area contributed by atoms with Crippen LogP contribution in [0.15, 0.2) is 30.3 Å². The Kier molecular flexibility index (Phi) is 4.79. The maximum Gasteiger partial charge on any atom is 0.221 e. The first-order valence-corrected chi connectivity index (χ1v) is 8.13. The van der Waals surface area contributed by atoms with Crippen LogP contribution < -0.4 is 20.1 Å². The van der Waals surface area contributed by atoms with E-state index in [9.17, 15) is 9.18 Å². The molecule has 0 saturated heterocycles. The molecule has 0 radical (unpaired) electrons. The SMILES string of the molecule is COc1cc(CNc2ccc(F)c(NC(C)=O)c2)c2c(c1)C[C@H](C)O2. The number of methoxy groups -OCH3 is 1. The van der Waals surface area contributed by atoms with Crippen LogP contribution in [0.3, 0.4) is 0 Å². The molecule has 1 amide bonds. The first kappa shape index (κ1) is 17.1. The van der Waals surface area contributed by atoms with Crippen molar-refractivity contribution in [1.82, 2.24) is 0 Å². The minimum Gasteiger partial charge on any atom is -0.497 e. The summed E-state index contributed by atoms with van der Waals surface area (Å²) in [6, 6.07) is 8.45. The van der Waals surface area contributed by atoms with Crippen LogP contribution in [0.4, 0.5) is 15.8 Å². The smallest absolute Gasteiger partial charge is 0.221 e. The first-order valence-electron chi connectivity index (χ1n) is 8.13. The van der Waals surface area contributed by atoms with Crippen molar-refractivity contribution in [3.05, 3.63) is 47.3 Å². The molecule has 1 atom stereocenters. The Bertz CT molecular complexity index is 807. The fourth-order valence-corrected chi connectivity index (χ4v) is 2.95. The molecule has 5 nitrogen and oxygen atoms in total. The molecule has 0 fully saturated rings. The second-order valence-corrected chi connectivity index (χ2v) is 6.14. The second-order valence-electron chi connectivity index (χ2n) is 6.14. The lowest BCUT2D eigenvalue weighted by Gasteiger charge is -2.14. The van der Waals surface area contributed by atoms with E-state index in [0.29, 0.717) is 12.2 Å². The molecule has 0 unspecified atom stereocenters. The monoisotopic (exact) mass is 344 g/mol. The minimum atomic E-state index is -0.472. The first-order chi connectivity index (χ1) is 12.0. The predicted octanol–water partition coefficient (Wildman–Crippen LogP) is 3.73. The number of benzene rings is 2. The molecule has 2 aromatic rings. The summed E-state index contributed by atoms with van der Waals surface area (Å²) in [4.78, 5) is 11.2. The fourth-order valence-electron chi connectivity index (χ4n) is 2.95. The molecule has 0 bridgehead atoms. The van der Waals surface area contributed by atoms with Gasteiger partial charge in [0, 0.05) is 36.7 Å². The van der Waals surface area contributed by atoms with Crippen LogP contribution in [0.2, 0.25) is 0 Å². The molecular formula is C19H21FN2O3. The Balaban J connectivity index is 1.80. The lowest BCUT2D eigenvalue weighted by molar-refractivity contribution is -0.114. The zero-order valence-electron chi connectivity index (χ0n) is 14.5. The quantitative estimate of drug-likeness (QED) is 0.868. The highest BCUT2D eigenvalue weighted by molar-refractivity contribution is 5.89. The highest BCUT2D eigenvalue weighted by Crippen LogP contribution is 2.36. The van der Waals surface area contributed by atoms with Gasteiger partial charge in [0.1, 0.15) is 23.4 Å². The zero-order chi connectivity index (χ0) is 18.0. The van der Waals surface area contributed by atoms with Gasteiger partial charge in [0.2, 0.25) is 5.91 Å². The van der Waals surface area contributed by atoms with E-state index in [1.165, 1.54) is 13.0 Å². The Hall–Kier alpha value is -2.76. The molecule has 1 aliphatic rings. The van der Waals surface area contributed by atoms with Gasteiger partial charge in [0.05, 0.1) is 12.8 Å². The number of amides is 1. The van der Waals surface area contributed by atoms with Crippen molar-refractivity contribution < 1.29 is 18.7 Å². The molecule has 0 aromatic heterocycles. The Morgan fingerprint density at radius 2 is 2.16 bits per heavy atom. The molecule has 1 aliphatic heterocycles. The maximum atomic E-state index is 13.7. The van der Waals surface area contributed by atoms with Crippen molar-refractivity contribution in [3.8, 4) is 11.5 Å². The van der Waals surface area contributed by atoms with E-state index < -0.39 is 5.82 Å². The van der Waals surface area contributed by atoms with E-state index >= 15 is 0 Å². The average molecular weight is 344 g/mol. The summed E-state index contributed by atoms with van der Waals surface area (Å²) in [6.07, 6.45) is 0.987. The van der Waals surface area contributed by atoms with E-state index in [4.69, 9.17) is 9.47 Å². The number of rotatable bonds is 5. The van der Waals surface area contributed by atoms with Gasteiger partial charge in [-0.05, 0) is 37.3 Å². The summed E-state index contributed by atoms with van der Waals surface area (Å²) in [7, 11) is 1.64. The molecule has 0 spiro atoms. The molecule has 25 heavy (non-hydrogen) atoms. The van der Waals surface area contributed by atoms with Gasteiger partial charge < -0.3 is 20.1 Å². The third kappa shape index (κ3) is 3.84. The minimum absolute atomic E-state index is 0.137. The molecule has 6 heteroatoms. The van der Waals surface area contributed by atoms with Crippen LogP contribution in [0.25, 0.3) is 0 Å². The van der Waals surface area contributed by atoms with Crippen LogP contribution in [0.1, 0.15) is 25.0 Å². The van der Waals surface area contributed by atoms with Crippen LogP contribution in [-0.2, 0) is 17.8 Å². The van der Waals surface area contributed by atoms with Crippen LogP contribution in [0, 0.1) is 5.82 Å². The van der Waals surface area contributed by atoms with Gasteiger partial charge in [-0.2, -0.15) is 0 Å². The van der Waals surface area contributed by atoms with Crippen molar-refractivity contribution in [3.63, 3.8) is 0 Å². The van der Waals surface area contributed by atoms with Crippen molar-refractivity contribution in [2.45, 2.75) is 32.9 Å². The number of nitrogens with one attached hydrogen (secondary N) is 2. The number of anilines is 2. The summed E-state index contributed by atoms with van der Waals surface area (Å²) < 4.78 is 25.0. The topological polar surface area (TPSA) is 59.6 Å². The highest BCUT2D eigenvalue weighted by Gasteiger charge is 2.23. The third-order valence-electron chi connectivity index (χ3n) is 4.04. The van der Waals surface area contributed by atoms with E-state index in [1.54, 1.807) is 19.2 Å². The van der Waals surface area contributed by atoms with Gasteiger partial charge in [0.25, 0.3) is 0 Å². The number of carbonyl (C=O) groups is 1. The Morgan fingerprint density at radius 1 is 1.36 bits per heavy atom. The normalized spacial score (nSPS) is 15.3. The second kappa shape index (κ2) is 7.01. The third-order valence-corrected chi connectivity index (χ3v) is 4.04. The maximum absolute atomic E-state index is 13.7. The van der Waals surface area contributed by atoms with Crippen LogP contribution >= 0.6 is 0 Å². The molecule has 2 N–H and O–H groups in total. The largest absolute Gasteiger partial charge is 0.497 e. The lowest BCUT2D eigenvalue weighted by Crippen LogP contribution is -2.09. The number of carbonyl (C=O) groups excluding carboxylic acids is 1. The molecule has 1 heterocycles. The van der Waals surface area contributed by atoms with Gasteiger partial charge in [-0.25, -0.2) is 4.39 Å². The van der Waals surface area contributed by atoms with Crippen molar-refractivity contribution in [2.24, 2.45) is 0 Å². The number of hydrogen-bond donors (Lipinski definition) is 2. The predicted molar refractivity (Wildman–Crippen MR) is 94.8 cm³/mol. The lowest BCUT2D eigenvalue weighted by atomic mass is 10.1. The Morgan fingerprint density at radius 3 is 2.88 bits per heavy atom. The van der Waals surface area contributed by atoms with Crippen molar-refractivity contribution >= 4 is 17.3 Å². The van der Waals surface area contributed by atoms with E-state index in [-0.39, 0.29) is 17.7 Å². The zero-order valence-corrected chi connectivity index (χ0v) is 14.5. The molecular weight excluding hydrogens is 323 g/mol. The summed E-state index contributed by atoms with van der Waals surface area (Å²) in [5.74, 6) is 0.875. The summed E-state index contributed by atoms with van der Waals surface area (Å²) in [5, 5.41) is 5.72. The van der Waals surface area contributed by atoms with Crippen LogP contribution in [-0.4, -0.2) is 19.1 Å². The number of halogens is 1. The number of ether oxygens (including phenoxy) is 2. The summed E-state index contributed by atoms with van der Waals surface area (Å²) in [5.41, 5.74) is 2.96. The summed E-state index contributed by atoms with van der Waals surface area (Å²) >= 11 is 0. The van der Waals surface area contributed by atoms with Crippen LogP contribution in [0.5, 0.6) is 11.5 Å². The van der Waals surface area contributed by atoms with Gasteiger partial charge >= 0.3 is 0 Å². The van der Waals surface area contributed by atoms with E-state index in [0.717, 1.165) is 29.0 Å².